The highest BCUT2D eigenvalue weighted by molar-refractivity contribution is 6.17. The van der Waals surface area contributed by atoms with Gasteiger partial charge in [0.1, 0.15) is 0 Å². The van der Waals surface area contributed by atoms with Crippen molar-refractivity contribution in [2.45, 2.75) is 26.1 Å². The zero-order valence-electron chi connectivity index (χ0n) is 5.85. The van der Waals surface area contributed by atoms with Gasteiger partial charge >= 0.3 is 0 Å². The van der Waals surface area contributed by atoms with Gasteiger partial charge in [-0.05, 0) is 20.3 Å². The summed E-state index contributed by atoms with van der Waals surface area (Å²) in [7, 11) is 0. The lowest BCUT2D eigenvalue weighted by atomic mass is 10.4. The third-order valence-corrected chi connectivity index (χ3v) is 1.00. The van der Waals surface area contributed by atoms with E-state index in [-0.39, 0.29) is 0 Å². The zero-order valence-corrected chi connectivity index (χ0v) is 6.61. The van der Waals surface area contributed by atoms with Crippen LogP contribution in [-0.2, 0) is 4.74 Å². The lowest BCUT2D eigenvalue weighted by molar-refractivity contribution is -0.175. The quantitative estimate of drug-likeness (QED) is 0.375. The van der Waals surface area contributed by atoms with Crippen molar-refractivity contribution in [3.63, 3.8) is 0 Å². The minimum Gasteiger partial charge on any atom is -0.366 e. The molecule has 0 aliphatic rings. The maximum absolute atomic E-state index is 8.98. The minimum absolute atomic E-state index is 0.521. The van der Waals surface area contributed by atoms with Crippen LogP contribution in [0.25, 0.3) is 0 Å². The third-order valence-electron chi connectivity index (χ3n) is 0.733. The molecule has 0 fully saturated rings. The fourth-order valence-electron chi connectivity index (χ4n) is 0.376. The Hall–Kier alpha value is 0.210. The van der Waals surface area contributed by atoms with Crippen molar-refractivity contribution in [2.75, 3.05) is 12.5 Å². The summed E-state index contributed by atoms with van der Waals surface area (Å²) in [6, 6.07) is 0. The summed E-state index contributed by atoms with van der Waals surface area (Å²) >= 11 is 5.37. The predicted octanol–water partition coefficient (Wildman–Crippen LogP) is 1.36. The van der Waals surface area contributed by atoms with Gasteiger partial charge in [-0.3, -0.25) is 0 Å². The van der Waals surface area contributed by atoms with Crippen LogP contribution in [-0.4, -0.2) is 23.4 Å². The van der Waals surface area contributed by atoms with Gasteiger partial charge in [0.2, 0.25) is 0 Å². The maximum atomic E-state index is 8.98. The van der Waals surface area contributed by atoms with Gasteiger partial charge in [-0.15, -0.1) is 11.6 Å². The van der Waals surface area contributed by atoms with E-state index in [1.807, 2.05) is 0 Å². The van der Waals surface area contributed by atoms with Gasteiger partial charge in [-0.2, -0.15) is 0 Å². The average molecular weight is 153 g/mol. The molecule has 0 aromatic heterocycles. The molecule has 0 spiro atoms. The molecule has 0 heterocycles. The normalized spacial score (nSPS) is 12.0. The molecule has 1 N–H and O–H groups in total. The van der Waals surface area contributed by atoms with E-state index in [4.69, 9.17) is 21.4 Å². The van der Waals surface area contributed by atoms with Gasteiger partial charge < -0.3 is 9.84 Å². The van der Waals surface area contributed by atoms with Crippen molar-refractivity contribution in [3.05, 3.63) is 0 Å². The van der Waals surface area contributed by atoms with Gasteiger partial charge in [0.25, 0.3) is 0 Å². The molecular formula is C6H13ClO2. The average Bonchev–Trinajstić information content (AvgIpc) is 1.63. The van der Waals surface area contributed by atoms with E-state index in [2.05, 4.69) is 0 Å². The number of halogens is 1. The summed E-state index contributed by atoms with van der Waals surface area (Å²) in [5, 5.41) is 8.98. The molecule has 0 atom stereocenters. The van der Waals surface area contributed by atoms with E-state index < -0.39 is 5.79 Å². The standard InChI is InChI=1S/C6H13ClO2/c1-6(2,8)9-5-3-4-7/h8H,3-5H2,1-2H3. The third kappa shape index (κ3) is 8.21. The Kier molecular flexibility index (Phi) is 4.19. The van der Waals surface area contributed by atoms with Gasteiger partial charge in [0.15, 0.2) is 5.79 Å². The van der Waals surface area contributed by atoms with Crippen LogP contribution in [0.1, 0.15) is 20.3 Å². The molecule has 0 aromatic rings. The Morgan fingerprint density at radius 1 is 1.56 bits per heavy atom. The molecule has 0 aromatic carbocycles. The fourth-order valence-corrected chi connectivity index (χ4v) is 0.486. The first kappa shape index (κ1) is 9.21. The molecule has 0 rings (SSSR count). The van der Waals surface area contributed by atoms with E-state index in [9.17, 15) is 0 Å². The summed E-state index contributed by atoms with van der Waals surface area (Å²) in [6.07, 6.45) is 0.783. The van der Waals surface area contributed by atoms with E-state index in [1.54, 1.807) is 13.8 Å². The summed E-state index contributed by atoms with van der Waals surface area (Å²) in [5.41, 5.74) is 0. The van der Waals surface area contributed by atoms with Gasteiger partial charge in [0, 0.05) is 5.88 Å². The second-order valence-electron chi connectivity index (χ2n) is 2.34. The molecule has 0 unspecified atom stereocenters. The van der Waals surface area contributed by atoms with Gasteiger partial charge in [-0.1, -0.05) is 0 Å². The topological polar surface area (TPSA) is 29.5 Å². The Balaban J connectivity index is 3.07. The minimum atomic E-state index is -1.01. The highest BCUT2D eigenvalue weighted by Crippen LogP contribution is 2.03. The number of alkyl halides is 1. The summed E-state index contributed by atoms with van der Waals surface area (Å²) in [5.74, 6) is -0.428. The Morgan fingerprint density at radius 3 is 2.44 bits per heavy atom. The van der Waals surface area contributed by atoms with Crippen molar-refractivity contribution in [3.8, 4) is 0 Å². The van der Waals surface area contributed by atoms with Gasteiger partial charge in [0.05, 0.1) is 6.61 Å². The highest BCUT2D eigenvalue weighted by Gasteiger charge is 2.10. The molecule has 0 aliphatic carbocycles. The number of hydrogen-bond donors (Lipinski definition) is 1. The first-order valence-corrected chi connectivity index (χ1v) is 3.52. The Bertz CT molecular complexity index is 67.9. The number of ether oxygens (including phenoxy) is 1. The van der Waals surface area contributed by atoms with E-state index in [0.717, 1.165) is 6.42 Å². The van der Waals surface area contributed by atoms with Crippen molar-refractivity contribution in [2.24, 2.45) is 0 Å². The van der Waals surface area contributed by atoms with Crippen LogP contribution in [0.4, 0.5) is 0 Å². The van der Waals surface area contributed by atoms with Crippen LogP contribution >= 0.6 is 11.6 Å². The smallest absolute Gasteiger partial charge is 0.159 e. The number of rotatable bonds is 4. The summed E-state index contributed by atoms with van der Waals surface area (Å²) in [4.78, 5) is 0. The maximum Gasteiger partial charge on any atom is 0.159 e. The van der Waals surface area contributed by atoms with Crippen molar-refractivity contribution < 1.29 is 9.84 Å². The van der Waals surface area contributed by atoms with Crippen molar-refractivity contribution >= 4 is 11.6 Å². The molecule has 0 aliphatic heterocycles. The molecular weight excluding hydrogens is 140 g/mol. The molecule has 0 saturated heterocycles. The fraction of sp³-hybridized carbons (Fsp3) is 1.00. The Labute approximate surface area is 60.8 Å². The summed E-state index contributed by atoms with van der Waals surface area (Å²) < 4.78 is 4.94. The molecule has 0 bridgehead atoms. The molecule has 0 saturated carbocycles. The summed E-state index contributed by atoms with van der Waals surface area (Å²) in [6.45, 7) is 3.72. The monoisotopic (exact) mass is 152 g/mol. The second kappa shape index (κ2) is 4.09. The van der Waals surface area contributed by atoms with E-state index >= 15 is 0 Å². The highest BCUT2D eigenvalue weighted by atomic mass is 35.5. The zero-order chi connectivity index (χ0) is 7.33. The lowest BCUT2D eigenvalue weighted by Gasteiger charge is -2.17. The SMILES string of the molecule is CC(C)(O)OCCCCl. The van der Waals surface area contributed by atoms with Crippen molar-refractivity contribution in [1.82, 2.24) is 0 Å². The largest absolute Gasteiger partial charge is 0.366 e. The molecule has 9 heavy (non-hydrogen) atoms. The first-order valence-electron chi connectivity index (χ1n) is 2.98. The molecule has 0 radical (unpaired) electrons. The van der Waals surface area contributed by atoms with E-state index in [1.165, 1.54) is 0 Å². The van der Waals surface area contributed by atoms with Crippen LogP contribution in [0.2, 0.25) is 0 Å². The second-order valence-corrected chi connectivity index (χ2v) is 2.72. The molecule has 3 heteroatoms. The first-order chi connectivity index (χ1) is 4.06. The number of aliphatic hydroxyl groups is 1. The number of hydrogen-bond acceptors (Lipinski definition) is 2. The van der Waals surface area contributed by atoms with Crippen LogP contribution in [0, 0.1) is 0 Å². The van der Waals surface area contributed by atoms with Crippen LogP contribution in [0.3, 0.4) is 0 Å². The van der Waals surface area contributed by atoms with E-state index in [0.29, 0.717) is 12.5 Å². The molecule has 56 valence electrons. The van der Waals surface area contributed by atoms with Crippen LogP contribution < -0.4 is 0 Å². The lowest BCUT2D eigenvalue weighted by Crippen LogP contribution is -2.23. The molecule has 2 nitrogen and oxygen atoms in total. The predicted molar refractivity (Wildman–Crippen MR) is 37.6 cm³/mol. The van der Waals surface area contributed by atoms with Gasteiger partial charge in [-0.25, -0.2) is 0 Å². The van der Waals surface area contributed by atoms with Crippen LogP contribution in [0.5, 0.6) is 0 Å². The van der Waals surface area contributed by atoms with Crippen molar-refractivity contribution in [1.29, 1.82) is 0 Å². The Morgan fingerprint density at radius 2 is 2.11 bits per heavy atom. The van der Waals surface area contributed by atoms with Crippen LogP contribution in [0.15, 0.2) is 0 Å². The molecule has 0 amide bonds.